The van der Waals surface area contributed by atoms with E-state index in [-0.39, 0.29) is 6.10 Å². The molecule has 0 saturated carbocycles. The lowest BCUT2D eigenvalue weighted by molar-refractivity contribution is 0.0450. The number of piperidine rings is 1. The predicted octanol–water partition coefficient (Wildman–Crippen LogP) is 4.01. The minimum Gasteiger partial charge on any atom is -0.476 e. The zero-order valence-corrected chi connectivity index (χ0v) is 20.7. The van der Waals surface area contributed by atoms with Crippen LogP contribution in [-0.2, 0) is 20.6 Å². The molecule has 9 heteroatoms. The molecule has 0 spiro atoms. The number of H-pyrrole nitrogens is 1. The molecule has 2 aliphatic rings. The predicted molar refractivity (Wildman–Crippen MR) is 135 cm³/mol. The van der Waals surface area contributed by atoms with Gasteiger partial charge in [-0.3, -0.25) is 14.7 Å². The van der Waals surface area contributed by atoms with Gasteiger partial charge in [0.05, 0.1) is 40.8 Å². The summed E-state index contributed by atoms with van der Waals surface area (Å²) in [5.74, 6) is 1.46. The Morgan fingerprint density at radius 3 is 2.91 bits per heavy atom. The number of nitrogens with one attached hydrogen (secondary N) is 1. The van der Waals surface area contributed by atoms with E-state index in [1.165, 1.54) is 0 Å². The molecule has 3 atom stereocenters. The normalized spacial score (nSPS) is 22.7. The van der Waals surface area contributed by atoms with Gasteiger partial charge in [0.1, 0.15) is 6.10 Å². The Bertz CT molecular complexity index is 1410. The van der Waals surface area contributed by atoms with Crippen LogP contribution in [0.25, 0.3) is 34.2 Å². The monoisotopic (exact) mass is 473 g/mol. The molecule has 182 valence electrons. The zero-order valence-electron chi connectivity index (χ0n) is 20.7. The summed E-state index contributed by atoms with van der Waals surface area (Å²) >= 11 is 0. The van der Waals surface area contributed by atoms with Crippen molar-refractivity contribution < 1.29 is 9.47 Å². The summed E-state index contributed by atoms with van der Waals surface area (Å²) in [6.45, 7) is 6.45. The molecule has 0 aliphatic carbocycles. The first-order valence-electron chi connectivity index (χ1n) is 12.3. The highest BCUT2D eigenvalue weighted by atomic mass is 16.5. The van der Waals surface area contributed by atoms with Crippen LogP contribution in [0.15, 0.2) is 24.4 Å². The van der Waals surface area contributed by atoms with E-state index in [0.29, 0.717) is 18.5 Å². The summed E-state index contributed by atoms with van der Waals surface area (Å²) in [6.07, 6.45) is 8.23. The van der Waals surface area contributed by atoms with Crippen molar-refractivity contribution in [2.45, 2.75) is 45.4 Å². The SMILES string of the molecule is CCOc1nn(C)c2c1/C=C/c1[nH]nc3ccc(cc13)-c1cnn(C)c1O[C@@H]1CC[C@H](C)N(C2)C1. The minimum absolute atomic E-state index is 0.0808. The van der Waals surface area contributed by atoms with E-state index in [1.807, 2.05) is 42.6 Å². The van der Waals surface area contributed by atoms with Gasteiger partial charge < -0.3 is 9.47 Å². The first-order chi connectivity index (χ1) is 17.0. The molecule has 0 amide bonds. The van der Waals surface area contributed by atoms with Crippen LogP contribution in [0.1, 0.15) is 43.6 Å². The maximum Gasteiger partial charge on any atom is 0.240 e. The fourth-order valence-electron chi connectivity index (χ4n) is 5.21. The molecule has 1 aromatic carbocycles. The number of fused-ring (bicyclic) bond motifs is 6. The lowest BCUT2D eigenvalue weighted by Crippen LogP contribution is -2.46. The second-order valence-electron chi connectivity index (χ2n) is 9.51. The van der Waals surface area contributed by atoms with Gasteiger partial charge in [0.15, 0.2) is 0 Å². The third-order valence-corrected chi connectivity index (χ3v) is 7.25. The number of aromatic nitrogens is 6. The van der Waals surface area contributed by atoms with Gasteiger partial charge in [0.2, 0.25) is 11.8 Å². The minimum atomic E-state index is 0.0808. The van der Waals surface area contributed by atoms with Gasteiger partial charge in [-0.15, -0.1) is 5.10 Å². The quantitative estimate of drug-likeness (QED) is 0.473. The number of nitrogens with zero attached hydrogens (tertiary/aromatic N) is 6. The van der Waals surface area contributed by atoms with Crippen LogP contribution in [-0.4, -0.2) is 60.0 Å². The number of ether oxygens (including phenoxy) is 2. The van der Waals surface area contributed by atoms with E-state index in [1.54, 1.807) is 0 Å². The van der Waals surface area contributed by atoms with Crippen molar-refractivity contribution in [3.05, 3.63) is 41.3 Å². The van der Waals surface area contributed by atoms with Gasteiger partial charge in [-0.05, 0) is 56.5 Å². The molecule has 3 aromatic heterocycles. The Morgan fingerprint density at radius 1 is 1.17 bits per heavy atom. The second kappa shape index (κ2) is 8.57. The van der Waals surface area contributed by atoms with E-state index in [9.17, 15) is 0 Å². The lowest BCUT2D eigenvalue weighted by atomic mass is 10.0. The molecule has 1 unspecified atom stereocenters. The van der Waals surface area contributed by atoms with Crippen molar-refractivity contribution in [2.75, 3.05) is 13.2 Å². The topological polar surface area (TPSA) is 86.0 Å². The molecule has 2 aliphatic heterocycles. The largest absolute Gasteiger partial charge is 0.476 e. The molecule has 5 heterocycles. The first-order valence-corrected chi connectivity index (χ1v) is 12.3. The number of aryl methyl sites for hydroxylation is 2. The molecule has 4 aromatic rings. The Labute approximate surface area is 204 Å². The highest BCUT2D eigenvalue weighted by Gasteiger charge is 2.30. The highest BCUT2D eigenvalue weighted by Crippen LogP contribution is 2.35. The van der Waals surface area contributed by atoms with Crippen molar-refractivity contribution in [1.29, 1.82) is 0 Å². The van der Waals surface area contributed by atoms with Crippen LogP contribution in [0.4, 0.5) is 0 Å². The molecular weight excluding hydrogens is 442 g/mol. The standard InChI is InChI=1S/C26H31N7O2/c1-5-34-25-19-9-11-23-20-12-17(7-10-22(20)28-29-23)21-13-27-32(4)26(21)35-18-8-6-16(2)33(14-18)15-24(19)31(3)30-25/h7,9-13,16,18H,5-6,8,14-15H2,1-4H3,(H,28,29)/b11-9+/t16-,18+/m0/s1. The Balaban J connectivity index is 1.54. The summed E-state index contributed by atoms with van der Waals surface area (Å²) in [4.78, 5) is 2.49. The van der Waals surface area contributed by atoms with Gasteiger partial charge in [-0.25, -0.2) is 4.68 Å². The number of aromatic amines is 1. The van der Waals surface area contributed by atoms with Gasteiger partial charge in [-0.1, -0.05) is 6.07 Å². The van der Waals surface area contributed by atoms with Crippen molar-refractivity contribution in [2.24, 2.45) is 14.1 Å². The molecule has 1 saturated heterocycles. The number of hydrogen-bond acceptors (Lipinski definition) is 6. The van der Waals surface area contributed by atoms with Crippen molar-refractivity contribution in [3.63, 3.8) is 0 Å². The lowest BCUT2D eigenvalue weighted by Gasteiger charge is -2.38. The van der Waals surface area contributed by atoms with E-state index < -0.39 is 0 Å². The molecule has 4 bridgehead atoms. The second-order valence-corrected chi connectivity index (χ2v) is 9.51. The van der Waals surface area contributed by atoms with Crippen molar-refractivity contribution >= 4 is 23.1 Å². The third kappa shape index (κ3) is 3.80. The van der Waals surface area contributed by atoms with Crippen molar-refractivity contribution in [1.82, 2.24) is 34.7 Å². The first kappa shape index (κ1) is 21.9. The van der Waals surface area contributed by atoms with Gasteiger partial charge in [-0.2, -0.15) is 10.2 Å². The number of rotatable bonds is 2. The maximum absolute atomic E-state index is 6.64. The van der Waals surface area contributed by atoms with Crippen LogP contribution in [0.5, 0.6) is 11.8 Å². The molecule has 35 heavy (non-hydrogen) atoms. The van der Waals surface area contributed by atoms with Crippen LogP contribution in [0.3, 0.4) is 0 Å². The summed E-state index contributed by atoms with van der Waals surface area (Å²) in [5.41, 5.74) is 6.04. The van der Waals surface area contributed by atoms with E-state index in [0.717, 1.165) is 70.8 Å². The molecular formula is C26H31N7O2. The van der Waals surface area contributed by atoms with Crippen LogP contribution >= 0.6 is 0 Å². The molecule has 6 rings (SSSR count). The van der Waals surface area contributed by atoms with Crippen LogP contribution in [0.2, 0.25) is 0 Å². The Kier molecular flexibility index (Phi) is 5.36. The molecule has 1 fully saturated rings. The molecule has 0 radical (unpaired) electrons. The summed E-state index contributed by atoms with van der Waals surface area (Å²) in [5, 5.41) is 18.0. The Morgan fingerprint density at radius 2 is 2.06 bits per heavy atom. The average Bonchev–Trinajstić information content (AvgIpc) is 3.50. The van der Waals surface area contributed by atoms with E-state index in [4.69, 9.17) is 14.6 Å². The fraction of sp³-hybridized carbons (Fsp3) is 0.423. The number of hydrogen-bond donors (Lipinski definition) is 1. The molecule has 9 nitrogen and oxygen atoms in total. The van der Waals surface area contributed by atoms with Gasteiger partial charge in [0, 0.05) is 38.6 Å². The van der Waals surface area contributed by atoms with Gasteiger partial charge in [0.25, 0.3) is 0 Å². The third-order valence-electron chi connectivity index (χ3n) is 7.25. The maximum atomic E-state index is 6.64. The Hall–Kier alpha value is -3.59. The van der Waals surface area contributed by atoms with E-state index in [2.05, 4.69) is 51.4 Å². The summed E-state index contributed by atoms with van der Waals surface area (Å²) in [7, 11) is 3.93. The smallest absolute Gasteiger partial charge is 0.240 e. The zero-order chi connectivity index (χ0) is 24.1. The van der Waals surface area contributed by atoms with Crippen LogP contribution in [0, 0.1) is 0 Å². The van der Waals surface area contributed by atoms with Crippen molar-refractivity contribution in [3.8, 4) is 22.9 Å². The number of benzene rings is 1. The van der Waals surface area contributed by atoms with Crippen LogP contribution < -0.4 is 9.47 Å². The van der Waals surface area contributed by atoms with E-state index >= 15 is 0 Å². The summed E-state index contributed by atoms with van der Waals surface area (Å²) < 4.78 is 16.4. The average molecular weight is 474 g/mol. The fourth-order valence-corrected chi connectivity index (χ4v) is 5.21. The molecule has 1 N–H and O–H groups in total. The summed E-state index contributed by atoms with van der Waals surface area (Å²) in [6, 6.07) is 6.73. The van der Waals surface area contributed by atoms with Gasteiger partial charge >= 0.3 is 0 Å². The highest BCUT2D eigenvalue weighted by molar-refractivity contribution is 5.93.